The van der Waals surface area contributed by atoms with Crippen molar-refractivity contribution in [3.63, 3.8) is 0 Å². The van der Waals surface area contributed by atoms with E-state index in [4.69, 9.17) is 13.9 Å². The molecular formula is C16H17N3O4. The number of oxazole rings is 1. The van der Waals surface area contributed by atoms with Crippen LogP contribution in [0.2, 0.25) is 0 Å². The Balaban J connectivity index is 1.79. The maximum atomic E-state index is 12.0. The van der Waals surface area contributed by atoms with Crippen molar-refractivity contribution in [1.29, 1.82) is 0 Å². The number of aromatic nitrogens is 1. The molecule has 2 aromatic rings. The first-order valence-corrected chi connectivity index (χ1v) is 7.35. The van der Waals surface area contributed by atoms with E-state index >= 15 is 0 Å². The summed E-state index contributed by atoms with van der Waals surface area (Å²) in [5.74, 6) is -0.322. The van der Waals surface area contributed by atoms with Crippen molar-refractivity contribution >= 4 is 28.7 Å². The molecule has 1 aliphatic heterocycles. The van der Waals surface area contributed by atoms with Crippen molar-refractivity contribution in [2.75, 3.05) is 23.3 Å². The number of rotatable bonds is 5. The first-order chi connectivity index (χ1) is 11.2. The molecule has 0 atom stereocenters. The molecular weight excluding hydrogens is 298 g/mol. The molecule has 0 aliphatic carbocycles. The molecule has 3 rings (SSSR count). The van der Waals surface area contributed by atoms with E-state index in [2.05, 4.69) is 10.3 Å². The van der Waals surface area contributed by atoms with Crippen LogP contribution in [0.25, 0.3) is 11.1 Å². The summed E-state index contributed by atoms with van der Waals surface area (Å²) in [5.41, 5.74) is 1.95. The number of nitrogens with zero attached hydrogens (tertiary/aromatic N) is 2. The molecule has 7 nitrogen and oxygen atoms in total. The molecule has 1 amide bonds. The highest BCUT2D eigenvalue weighted by Gasteiger charge is 2.15. The van der Waals surface area contributed by atoms with Gasteiger partial charge in [0, 0.05) is 18.8 Å². The first kappa shape index (κ1) is 15.0. The van der Waals surface area contributed by atoms with Gasteiger partial charge in [-0.3, -0.25) is 4.79 Å². The SMILES string of the molecule is CCN(CC)c1nc2cc(NC(=O)C3=COC=CO3)ccc2o1. The lowest BCUT2D eigenvalue weighted by atomic mass is 10.3. The van der Waals surface area contributed by atoms with E-state index in [1.54, 1.807) is 18.2 Å². The number of ether oxygens (including phenoxy) is 2. The van der Waals surface area contributed by atoms with Crippen LogP contribution in [0.4, 0.5) is 11.7 Å². The fourth-order valence-electron chi connectivity index (χ4n) is 2.18. The molecule has 0 radical (unpaired) electrons. The Morgan fingerprint density at radius 2 is 2.09 bits per heavy atom. The molecule has 0 saturated heterocycles. The largest absolute Gasteiger partial charge is 0.465 e. The van der Waals surface area contributed by atoms with Crippen LogP contribution < -0.4 is 10.2 Å². The van der Waals surface area contributed by atoms with Crippen molar-refractivity contribution < 1.29 is 18.7 Å². The van der Waals surface area contributed by atoms with Gasteiger partial charge in [-0.1, -0.05) is 0 Å². The van der Waals surface area contributed by atoms with Crippen molar-refractivity contribution in [3.05, 3.63) is 42.7 Å². The minimum Gasteiger partial charge on any atom is -0.465 e. The second-order valence-corrected chi connectivity index (χ2v) is 4.81. The molecule has 120 valence electrons. The number of nitrogens with one attached hydrogen (secondary N) is 1. The van der Waals surface area contributed by atoms with Crippen molar-refractivity contribution in [1.82, 2.24) is 4.98 Å². The van der Waals surface area contributed by atoms with Gasteiger partial charge in [-0.05, 0) is 32.0 Å². The lowest BCUT2D eigenvalue weighted by Gasteiger charge is -2.14. The first-order valence-electron chi connectivity index (χ1n) is 7.35. The third-order valence-corrected chi connectivity index (χ3v) is 3.40. The summed E-state index contributed by atoms with van der Waals surface area (Å²) in [6.07, 6.45) is 3.88. The average Bonchev–Trinajstić information content (AvgIpc) is 2.99. The molecule has 23 heavy (non-hydrogen) atoms. The monoisotopic (exact) mass is 315 g/mol. The van der Waals surface area contributed by atoms with Crippen LogP contribution in [0.3, 0.4) is 0 Å². The predicted molar refractivity (Wildman–Crippen MR) is 85.6 cm³/mol. The van der Waals surface area contributed by atoms with Crippen molar-refractivity contribution in [2.45, 2.75) is 13.8 Å². The predicted octanol–water partition coefficient (Wildman–Crippen LogP) is 2.97. The van der Waals surface area contributed by atoms with E-state index in [-0.39, 0.29) is 5.76 Å². The summed E-state index contributed by atoms with van der Waals surface area (Å²) in [4.78, 5) is 18.5. The van der Waals surface area contributed by atoms with Crippen molar-refractivity contribution in [2.24, 2.45) is 0 Å². The molecule has 0 bridgehead atoms. The van der Waals surface area contributed by atoms with Crippen LogP contribution >= 0.6 is 0 Å². The molecule has 2 heterocycles. The van der Waals surface area contributed by atoms with E-state index < -0.39 is 5.91 Å². The van der Waals surface area contributed by atoms with Gasteiger partial charge < -0.3 is 24.1 Å². The number of carbonyl (C=O) groups excluding carboxylic acids is 1. The van der Waals surface area contributed by atoms with E-state index in [0.717, 1.165) is 13.1 Å². The van der Waals surface area contributed by atoms with Crippen LogP contribution in [0.15, 0.2) is 47.2 Å². The third kappa shape index (κ3) is 3.13. The second-order valence-electron chi connectivity index (χ2n) is 4.81. The maximum absolute atomic E-state index is 12.0. The Hall–Kier alpha value is -2.96. The lowest BCUT2D eigenvalue weighted by Crippen LogP contribution is -2.21. The highest BCUT2D eigenvalue weighted by molar-refractivity contribution is 6.03. The van der Waals surface area contributed by atoms with Crippen LogP contribution in [-0.4, -0.2) is 24.0 Å². The summed E-state index contributed by atoms with van der Waals surface area (Å²) in [7, 11) is 0. The van der Waals surface area contributed by atoms with Gasteiger partial charge in [0.25, 0.3) is 11.9 Å². The van der Waals surface area contributed by atoms with Gasteiger partial charge >= 0.3 is 0 Å². The highest BCUT2D eigenvalue weighted by atomic mass is 16.5. The molecule has 1 aromatic carbocycles. The highest BCUT2D eigenvalue weighted by Crippen LogP contribution is 2.25. The summed E-state index contributed by atoms with van der Waals surface area (Å²) < 4.78 is 15.7. The van der Waals surface area contributed by atoms with Crippen LogP contribution in [-0.2, 0) is 14.3 Å². The third-order valence-electron chi connectivity index (χ3n) is 3.40. The van der Waals surface area contributed by atoms with Gasteiger partial charge in [-0.25, -0.2) is 0 Å². The molecule has 0 spiro atoms. The summed E-state index contributed by atoms with van der Waals surface area (Å²) in [5, 5.41) is 2.73. The van der Waals surface area contributed by atoms with Crippen molar-refractivity contribution in [3.8, 4) is 0 Å². The number of fused-ring (bicyclic) bond motifs is 1. The zero-order chi connectivity index (χ0) is 16.2. The van der Waals surface area contributed by atoms with Gasteiger partial charge in [-0.2, -0.15) is 4.98 Å². The number of hydrogen-bond acceptors (Lipinski definition) is 6. The van der Waals surface area contributed by atoms with Gasteiger partial charge in [0.05, 0.1) is 0 Å². The molecule has 0 fully saturated rings. The zero-order valence-corrected chi connectivity index (χ0v) is 12.9. The van der Waals surface area contributed by atoms with Gasteiger partial charge in [-0.15, -0.1) is 0 Å². The minimum atomic E-state index is -0.402. The number of benzene rings is 1. The zero-order valence-electron chi connectivity index (χ0n) is 12.9. The Labute approximate surface area is 133 Å². The Morgan fingerprint density at radius 1 is 1.26 bits per heavy atom. The standard InChI is InChI=1S/C16H17N3O4/c1-3-19(4-2)16-18-12-9-11(5-6-13(12)23-16)17-15(20)14-10-21-7-8-22-14/h5-10H,3-4H2,1-2H3,(H,17,20). The topological polar surface area (TPSA) is 76.8 Å². The number of carbonyl (C=O) groups is 1. The molecule has 7 heteroatoms. The Bertz CT molecular complexity index is 775. The summed E-state index contributed by atoms with van der Waals surface area (Å²) in [6.45, 7) is 5.70. The number of amides is 1. The smallest absolute Gasteiger partial charge is 0.298 e. The Kier molecular flexibility index (Phi) is 4.18. The maximum Gasteiger partial charge on any atom is 0.298 e. The summed E-state index contributed by atoms with van der Waals surface area (Å²) >= 11 is 0. The number of anilines is 2. The normalized spacial score (nSPS) is 13.2. The molecule has 0 saturated carbocycles. The lowest BCUT2D eigenvalue weighted by molar-refractivity contribution is -0.115. The van der Waals surface area contributed by atoms with E-state index in [9.17, 15) is 4.79 Å². The van der Waals surface area contributed by atoms with Crippen LogP contribution in [0.1, 0.15) is 13.8 Å². The molecule has 1 aliphatic rings. The van der Waals surface area contributed by atoms with Gasteiger partial charge in [0.2, 0.25) is 5.76 Å². The number of hydrogen-bond donors (Lipinski definition) is 1. The summed E-state index contributed by atoms with van der Waals surface area (Å²) in [6, 6.07) is 5.85. The van der Waals surface area contributed by atoms with Crippen LogP contribution in [0, 0.1) is 0 Å². The van der Waals surface area contributed by atoms with Crippen LogP contribution in [0.5, 0.6) is 0 Å². The van der Waals surface area contributed by atoms with E-state index in [1.807, 2.05) is 18.7 Å². The van der Waals surface area contributed by atoms with Gasteiger partial charge in [0.15, 0.2) is 5.58 Å². The van der Waals surface area contributed by atoms with E-state index in [1.165, 1.54) is 18.8 Å². The molecule has 0 unspecified atom stereocenters. The molecule has 1 N–H and O–H groups in total. The second kappa shape index (κ2) is 6.43. The fourth-order valence-corrected chi connectivity index (χ4v) is 2.18. The average molecular weight is 315 g/mol. The minimum absolute atomic E-state index is 0.0802. The quantitative estimate of drug-likeness (QED) is 0.914. The molecule has 1 aromatic heterocycles. The fraction of sp³-hybridized carbons (Fsp3) is 0.250. The Morgan fingerprint density at radius 3 is 2.78 bits per heavy atom. The van der Waals surface area contributed by atoms with E-state index in [0.29, 0.717) is 22.8 Å². The van der Waals surface area contributed by atoms with Gasteiger partial charge in [0.1, 0.15) is 24.3 Å².